The van der Waals surface area contributed by atoms with Crippen molar-refractivity contribution in [2.75, 3.05) is 13.2 Å². The monoisotopic (exact) mass is 475 g/mol. The van der Waals surface area contributed by atoms with Crippen LogP contribution in [0, 0.1) is 0 Å². The van der Waals surface area contributed by atoms with Gasteiger partial charge in [-0.1, -0.05) is 86.0 Å². The van der Waals surface area contributed by atoms with Crippen LogP contribution in [0.2, 0.25) is 10.0 Å². The summed E-state index contributed by atoms with van der Waals surface area (Å²) in [6, 6.07) is 13.1. The van der Waals surface area contributed by atoms with Crippen LogP contribution in [0.1, 0.15) is 67.4 Å². The largest absolute Gasteiger partial charge is 0.396 e. The molecule has 0 atom stereocenters. The van der Waals surface area contributed by atoms with Gasteiger partial charge in [0.15, 0.2) is 5.69 Å². The molecule has 0 bridgehead atoms. The first-order chi connectivity index (χ1) is 15.6. The molecule has 172 valence electrons. The van der Waals surface area contributed by atoms with Gasteiger partial charge in [0, 0.05) is 28.6 Å². The molecule has 0 saturated heterocycles. The minimum Gasteiger partial charge on any atom is -0.396 e. The Morgan fingerprint density at radius 3 is 2.34 bits per heavy atom. The number of aromatic nitrogens is 2. The van der Waals surface area contributed by atoms with E-state index >= 15 is 0 Å². The highest BCUT2D eigenvalue weighted by Gasteiger charge is 2.17. The summed E-state index contributed by atoms with van der Waals surface area (Å²) in [7, 11) is 0. The van der Waals surface area contributed by atoms with Crippen molar-refractivity contribution in [1.29, 1.82) is 0 Å². The SMILES string of the molecule is O=C(NCCCCCCCCCCO)c1nn(Cc2ccc(Cl)cc2Cl)c2ccccc12. The lowest BCUT2D eigenvalue weighted by Crippen LogP contribution is -2.25. The minimum atomic E-state index is -0.147. The lowest BCUT2D eigenvalue weighted by molar-refractivity contribution is 0.0948. The third kappa shape index (κ3) is 6.96. The topological polar surface area (TPSA) is 67.2 Å². The highest BCUT2D eigenvalue weighted by atomic mass is 35.5. The van der Waals surface area contributed by atoms with E-state index in [9.17, 15) is 4.79 Å². The first-order valence-electron chi connectivity index (χ1n) is 11.4. The van der Waals surface area contributed by atoms with Crippen molar-refractivity contribution in [3.8, 4) is 0 Å². The number of carbonyl (C=O) groups excluding carboxylic acids is 1. The second-order valence-corrected chi connectivity index (χ2v) is 8.91. The van der Waals surface area contributed by atoms with Gasteiger partial charge in [-0.2, -0.15) is 5.10 Å². The van der Waals surface area contributed by atoms with Gasteiger partial charge in [-0.05, 0) is 36.6 Å². The molecule has 5 nitrogen and oxygen atoms in total. The third-order valence-electron chi connectivity index (χ3n) is 5.58. The van der Waals surface area contributed by atoms with Crippen molar-refractivity contribution in [3.05, 3.63) is 63.8 Å². The van der Waals surface area contributed by atoms with E-state index in [0.29, 0.717) is 35.4 Å². The zero-order chi connectivity index (χ0) is 22.8. The van der Waals surface area contributed by atoms with Gasteiger partial charge in [0.05, 0.1) is 12.1 Å². The summed E-state index contributed by atoms with van der Waals surface area (Å²) >= 11 is 12.3. The Labute approximate surface area is 199 Å². The summed E-state index contributed by atoms with van der Waals surface area (Å²) in [4.78, 5) is 12.8. The van der Waals surface area contributed by atoms with Crippen LogP contribution in [-0.2, 0) is 6.54 Å². The molecule has 7 heteroatoms. The van der Waals surface area contributed by atoms with Crippen molar-refractivity contribution in [2.24, 2.45) is 0 Å². The maximum atomic E-state index is 12.8. The van der Waals surface area contributed by atoms with E-state index in [2.05, 4.69) is 10.4 Å². The van der Waals surface area contributed by atoms with E-state index in [1.807, 2.05) is 35.0 Å². The molecule has 0 saturated carbocycles. The molecule has 0 fully saturated rings. The van der Waals surface area contributed by atoms with E-state index < -0.39 is 0 Å². The average molecular weight is 476 g/mol. The smallest absolute Gasteiger partial charge is 0.272 e. The highest BCUT2D eigenvalue weighted by molar-refractivity contribution is 6.35. The van der Waals surface area contributed by atoms with Crippen molar-refractivity contribution in [2.45, 2.75) is 57.9 Å². The molecule has 0 spiro atoms. The predicted octanol–water partition coefficient (Wildman–Crippen LogP) is 6.23. The molecule has 3 aromatic rings. The van der Waals surface area contributed by atoms with Crippen molar-refractivity contribution < 1.29 is 9.90 Å². The van der Waals surface area contributed by atoms with Crippen LogP contribution < -0.4 is 5.32 Å². The maximum absolute atomic E-state index is 12.8. The number of amides is 1. The summed E-state index contributed by atoms with van der Waals surface area (Å²) in [6.45, 7) is 1.40. The number of aliphatic hydroxyl groups is 1. The number of halogens is 2. The van der Waals surface area contributed by atoms with E-state index in [4.69, 9.17) is 28.3 Å². The van der Waals surface area contributed by atoms with Gasteiger partial charge < -0.3 is 10.4 Å². The number of nitrogens with zero attached hydrogens (tertiary/aromatic N) is 2. The first kappa shape index (κ1) is 24.6. The Kier molecular flexibility index (Phi) is 9.85. The molecular formula is C25H31Cl2N3O2. The number of hydrogen-bond donors (Lipinski definition) is 2. The fourth-order valence-electron chi connectivity index (χ4n) is 3.81. The fraction of sp³-hybridized carbons (Fsp3) is 0.440. The van der Waals surface area contributed by atoms with Crippen LogP contribution in [0.3, 0.4) is 0 Å². The number of aliphatic hydroxyl groups excluding tert-OH is 1. The Balaban J connectivity index is 1.54. The zero-order valence-corrected chi connectivity index (χ0v) is 19.8. The zero-order valence-electron chi connectivity index (χ0n) is 18.3. The van der Waals surface area contributed by atoms with Crippen LogP contribution in [0.4, 0.5) is 0 Å². The Bertz CT molecular complexity index is 1020. The average Bonchev–Trinajstić information content (AvgIpc) is 3.15. The Hall–Kier alpha value is -2.08. The van der Waals surface area contributed by atoms with Gasteiger partial charge in [-0.15, -0.1) is 0 Å². The van der Waals surface area contributed by atoms with Crippen molar-refractivity contribution in [1.82, 2.24) is 15.1 Å². The molecule has 1 aromatic heterocycles. The van der Waals surface area contributed by atoms with Crippen LogP contribution in [-0.4, -0.2) is 33.9 Å². The van der Waals surface area contributed by atoms with Gasteiger partial charge in [0.1, 0.15) is 0 Å². The molecule has 1 amide bonds. The Morgan fingerprint density at radius 1 is 0.938 bits per heavy atom. The Morgan fingerprint density at radius 2 is 1.62 bits per heavy atom. The molecule has 32 heavy (non-hydrogen) atoms. The molecular weight excluding hydrogens is 445 g/mol. The van der Waals surface area contributed by atoms with Gasteiger partial charge >= 0.3 is 0 Å². The molecule has 0 aliphatic carbocycles. The lowest BCUT2D eigenvalue weighted by atomic mass is 10.1. The first-order valence-corrected chi connectivity index (χ1v) is 12.1. The molecule has 0 radical (unpaired) electrons. The number of hydrogen-bond acceptors (Lipinski definition) is 3. The molecule has 0 aliphatic heterocycles. The standard InChI is InChI=1S/C25H31Cl2N3O2/c26-20-14-13-19(22(27)17-20)18-30-23-12-8-7-11-21(23)24(29-30)25(32)28-15-9-5-3-1-2-4-6-10-16-31/h7-8,11-14,17,31H,1-6,9-10,15-16,18H2,(H,28,32). The number of rotatable bonds is 13. The summed E-state index contributed by atoms with van der Waals surface area (Å²) in [5.74, 6) is -0.147. The summed E-state index contributed by atoms with van der Waals surface area (Å²) in [5, 5.41) is 18.4. The highest BCUT2D eigenvalue weighted by Crippen LogP contribution is 2.24. The number of para-hydroxylation sites is 1. The van der Waals surface area contributed by atoms with Crippen LogP contribution in [0.15, 0.2) is 42.5 Å². The molecule has 2 aromatic carbocycles. The number of carbonyl (C=O) groups is 1. The van der Waals surface area contributed by atoms with E-state index in [1.165, 1.54) is 25.7 Å². The van der Waals surface area contributed by atoms with Gasteiger partial charge in [-0.25, -0.2) is 0 Å². The van der Waals surface area contributed by atoms with Crippen LogP contribution in [0.25, 0.3) is 10.9 Å². The fourth-order valence-corrected chi connectivity index (χ4v) is 4.28. The summed E-state index contributed by atoms with van der Waals surface area (Å²) in [6.07, 6.45) is 8.87. The van der Waals surface area contributed by atoms with Gasteiger partial charge in [0.2, 0.25) is 0 Å². The number of nitrogens with one attached hydrogen (secondary N) is 1. The van der Waals surface area contributed by atoms with Gasteiger partial charge in [-0.3, -0.25) is 9.48 Å². The van der Waals surface area contributed by atoms with Gasteiger partial charge in [0.25, 0.3) is 5.91 Å². The maximum Gasteiger partial charge on any atom is 0.272 e. The van der Waals surface area contributed by atoms with Crippen LogP contribution >= 0.6 is 23.2 Å². The van der Waals surface area contributed by atoms with Crippen molar-refractivity contribution in [3.63, 3.8) is 0 Å². The normalized spacial score (nSPS) is 11.2. The molecule has 0 aliphatic rings. The molecule has 2 N–H and O–H groups in total. The second kappa shape index (κ2) is 12.8. The minimum absolute atomic E-state index is 0.147. The number of fused-ring (bicyclic) bond motifs is 1. The second-order valence-electron chi connectivity index (χ2n) is 8.07. The third-order valence-corrected chi connectivity index (χ3v) is 6.17. The molecule has 3 rings (SSSR count). The predicted molar refractivity (Wildman–Crippen MR) is 132 cm³/mol. The lowest BCUT2D eigenvalue weighted by Gasteiger charge is -2.06. The summed E-state index contributed by atoms with van der Waals surface area (Å²) in [5.41, 5.74) is 2.23. The van der Waals surface area contributed by atoms with E-state index in [1.54, 1.807) is 12.1 Å². The summed E-state index contributed by atoms with van der Waals surface area (Å²) < 4.78 is 1.82. The molecule has 0 unspecified atom stereocenters. The van der Waals surface area contributed by atoms with E-state index in [0.717, 1.165) is 42.1 Å². The number of benzene rings is 2. The van der Waals surface area contributed by atoms with Crippen molar-refractivity contribution >= 4 is 40.0 Å². The molecule has 1 heterocycles. The number of unbranched alkanes of at least 4 members (excludes halogenated alkanes) is 7. The van der Waals surface area contributed by atoms with E-state index in [-0.39, 0.29) is 5.91 Å². The van der Waals surface area contributed by atoms with Crippen LogP contribution in [0.5, 0.6) is 0 Å². The quantitative estimate of drug-likeness (QED) is 0.287.